The zero-order chi connectivity index (χ0) is 25.3. The number of carbonyl (C=O) groups is 2. The van der Waals surface area contributed by atoms with Crippen LogP contribution < -0.4 is 21.1 Å². The summed E-state index contributed by atoms with van der Waals surface area (Å²) in [7, 11) is 1.60. The quantitative estimate of drug-likeness (QED) is 0.237. The largest absolute Gasteiger partial charge is 0.491 e. The van der Waals surface area contributed by atoms with Crippen molar-refractivity contribution in [3.8, 4) is 17.0 Å². The van der Waals surface area contributed by atoms with Crippen molar-refractivity contribution in [1.82, 2.24) is 15.2 Å². The lowest BCUT2D eigenvalue weighted by Gasteiger charge is -2.09. The van der Waals surface area contributed by atoms with Gasteiger partial charge in [0.1, 0.15) is 35.2 Å². The zero-order valence-electron chi connectivity index (χ0n) is 19.7. The molecule has 10 heteroatoms. The molecule has 0 spiro atoms. The summed E-state index contributed by atoms with van der Waals surface area (Å²) in [5, 5.41) is 13.0. The number of anilines is 3. The smallest absolute Gasteiger partial charge is 0.254 e. The standard InChI is InChI=1S/C26H26N6O4/c1-35-13-14-36-20-11-12-28-21(16-20)30-26-23(25(27)34)24(31-32-26)18-7-9-19(10-8-18)29-22(33)15-17-5-3-2-4-6-17/h2-12,16H,13-15H2,1H3,(H2,27,34)(H,29,33)(H2,28,30,31,32). The number of benzene rings is 2. The van der Waals surface area contributed by atoms with Crippen LogP contribution >= 0.6 is 0 Å². The number of nitrogens with two attached hydrogens (primary N) is 1. The molecular formula is C26H26N6O4. The molecule has 0 aliphatic carbocycles. The normalized spacial score (nSPS) is 10.6. The van der Waals surface area contributed by atoms with Crippen LogP contribution in [-0.2, 0) is 16.0 Å². The van der Waals surface area contributed by atoms with Crippen molar-refractivity contribution < 1.29 is 19.1 Å². The van der Waals surface area contributed by atoms with Gasteiger partial charge in [-0.3, -0.25) is 14.7 Å². The zero-order valence-corrected chi connectivity index (χ0v) is 19.7. The molecule has 2 heterocycles. The molecule has 4 aromatic rings. The molecule has 0 aliphatic rings. The first-order valence-corrected chi connectivity index (χ1v) is 11.2. The highest BCUT2D eigenvalue weighted by Crippen LogP contribution is 2.29. The number of carbonyl (C=O) groups excluding carboxylic acids is 2. The third-order valence-corrected chi connectivity index (χ3v) is 5.20. The van der Waals surface area contributed by atoms with Crippen LogP contribution in [0.2, 0.25) is 0 Å². The van der Waals surface area contributed by atoms with E-state index in [0.29, 0.717) is 47.5 Å². The highest BCUT2D eigenvalue weighted by atomic mass is 16.5. The molecule has 10 nitrogen and oxygen atoms in total. The molecular weight excluding hydrogens is 460 g/mol. The molecule has 184 valence electrons. The topological polar surface area (TPSA) is 144 Å². The van der Waals surface area contributed by atoms with Crippen LogP contribution in [0.5, 0.6) is 5.75 Å². The number of nitrogens with zero attached hydrogens (tertiary/aromatic N) is 2. The van der Waals surface area contributed by atoms with Crippen molar-refractivity contribution in [2.75, 3.05) is 31.0 Å². The van der Waals surface area contributed by atoms with Crippen molar-refractivity contribution in [2.45, 2.75) is 6.42 Å². The van der Waals surface area contributed by atoms with Gasteiger partial charge in [-0.1, -0.05) is 42.5 Å². The predicted molar refractivity (Wildman–Crippen MR) is 136 cm³/mol. The fraction of sp³-hybridized carbons (Fsp3) is 0.154. The van der Waals surface area contributed by atoms with Gasteiger partial charge >= 0.3 is 0 Å². The number of rotatable bonds is 11. The number of primary amides is 1. The van der Waals surface area contributed by atoms with E-state index < -0.39 is 5.91 Å². The van der Waals surface area contributed by atoms with E-state index in [-0.39, 0.29) is 17.9 Å². The Balaban J connectivity index is 1.47. The maximum atomic E-state index is 12.3. The molecule has 0 aliphatic heterocycles. The lowest BCUT2D eigenvalue weighted by Crippen LogP contribution is -2.14. The van der Waals surface area contributed by atoms with E-state index in [4.69, 9.17) is 15.2 Å². The first kappa shape index (κ1) is 24.4. The van der Waals surface area contributed by atoms with Crippen molar-refractivity contribution in [3.05, 3.63) is 84.1 Å². The Morgan fingerprint density at radius 3 is 2.53 bits per heavy atom. The Bertz CT molecular complexity index is 1320. The number of ether oxygens (including phenoxy) is 2. The van der Waals surface area contributed by atoms with E-state index in [9.17, 15) is 9.59 Å². The second kappa shape index (κ2) is 11.6. The fourth-order valence-electron chi connectivity index (χ4n) is 3.52. The van der Waals surface area contributed by atoms with Gasteiger partial charge < -0.3 is 25.8 Å². The Morgan fingerprint density at radius 2 is 1.81 bits per heavy atom. The molecule has 0 saturated heterocycles. The summed E-state index contributed by atoms with van der Waals surface area (Å²) >= 11 is 0. The minimum Gasteiger partial charge on any atom is -0.491 e. The highest BCUT2D eigenvalue weighted by Gasteiger charge is 2.20. The number of nitrogens with one attached hydrogen (secondary N) is 3. The van der Waals surface area contributed by atoms with Crippen LogP contribution in [0.1, 0.15) is 15.9 Å². The van der Waals surface area contributed by atoms with E-state index in [1.807, 2.05) is 30.3 Å². The second-order valence-electron chi connectivity index (χ2n) is 7.82. The number of aromatic nitrogens is 3. The van der Waals surface area contributed by atoms with Crippen molar-refractivity contribution >= 4 is 29.1 Å². The first-order chi connectivity index (χ1) is 17.5. The van der Waals surface area contributed by atoms with Crippen LogP contribution in [0.15, 0.2) is 72.9 Å². The van der Waals surface area contributed by atoms with Gasteiger partial charge in [0, 0.05) is 30.6 Å². The lowest BCUT2D eigenvalue weighted by molar-refractivity contribution is -0.115. The Hall–Kier alpha value is -4.70. The van der Waals surface area contributed by atoms with Crippen LogP contribution in [0.3, 0.4) is 0 Å². The minimum absolute atomic E-state index is 0.126. The number of hydrogen-bond donors (Lipinski definition) is 4. The third-order valence-electron chi connectivity index (χ3n) is 5.20. The molecule has 2 amide bonds. The van der Waals surface area contributed by atoms with E-state index in [1.165, 1.54) is 0 Å². The van der Waals surface area contributed by atoms with Gasteiger partial charge in [-0.05, 0) is 23.8 Å². The Labute approximate surface area is 207 Å². The van der Waals surface area contributed by atoms with E-state index in [2.05, 4.69) is 25.8 Å². The summed E-state index contributed by atoms with van der Waals surface area (Å²) < 4.78 is 10.6. The molecule has 0 saturated carbocycles. The molecule has 0 bridgehead atoms. The molecule has 0 unspecified atom stereocenters. The molecule has 5 N–H and O–H groups in total. The van der Waals surface area contributed by atoms with Gasteiger partial charge in [-0.25, -0.2) is 4.98 Å². The predicted octanol–water partition coefficient (Wildman–Crippen LogP) is 3.52. The third kappa shape index (κ3) is 6.24. The number of amides is 2. The summed E-state index contributed by atoms with van der Waals surface area (Å²) in [4.78, 5) is 28.9. The Morgan fingerprint density at radius 1 is 1.03 bits per heavy atom. The van der Waals surface area contributed by atoms with Crippen molar-refractivity contribution in [3.63, 3.8) is 0 Å². The lowest BCUT2D eigenvalue weighted by atomic mass is 10.1. The Kier molecular flexibility index (Phi) is 7.89. The van der Waals surface area contributed by atoms with Crippen LogP contribution in [-0.4, -0.2) is 47.3 Å². The van der Waals surface area contributed by atoms with Gasteiger partial charge in [0.15, 0.2) is 0 Å². The summed E-state index contributed by atoms with van der Waals surface area (Å²) in [6.07, 6.45) is 1.85. The summed E-state index contributed by atoms with van der Waals surface area (Å²) in [5.74, 6) is 0.557. The van der Waals surface area contributed by atoms with Gasteiger partial charge in [0.25, 0.3) is 5.91 Å². The summed E-state index contributed by atoms with van der Waals surface area (Å²) in [5.41, 5.74) is 8.44. The number of pyridine rings is 1. The molecule has 36 heavy (non-hydrogen) atoms. The molecule has 0 radical (unpaired) electrons. The van der Waals surface area contributed by atoms with Gasteiger partial charge in [-0.15, -0.1) is 0 Å². The van der Waals surface area contributed by atoms with Crippen molar-refractivity contribution in [1.29, 1.82) is 0 Å². The number of hydrogen-bond acceptors (Lipinski definition) is 7. The fourth-order valence-corrected chi connectivity index (χ4v) is 3.52. The molecule has 0 atom stereocenters. The average Bonchev–Trinajstić information content (AvgIpc) is 3.29. The minimum atomic E-state index is -0.658. The summed E-state index contributed by atoms with van der Waals surface area (Å²) in [6.45, 7) is 0.847. The van der Waals surface area contributed by atoms with Crippen LogP contribution in [0.25, 0.3) is 11.3 Å². The monoisotopic (exact) mass is 486 g/mol. The van der Waals surface area contributed by atoms with Gasteiger partial charge in [0.05, 0.1) is 13.0 Å². The van der Waals surface area contributed by atoms with Crippen LogP contribution in [0, 0.1) is 0 Å². The molecule has 2 aromatic carbocycles. The van der Waals surface area contributed by atoms with Crippen molar-refractivity contribution in [2.24, 2.45) is 5.73 Å². The molecule has 2 aromatic heterocycles. The maximum Gasteiger partial charge on any atom is 0.254 e. The van der Waals surface area contributed by atoms with E-state index in [0.717, 1.165) is 5.56 Å². The van der Waals surface area contributed by atoms with Crippen LogP contribution in [0.4, 0.5) is 17.3 Å². The summed E-state index contributed by atoms with van der Waals surface area (Å²) in [6, 6.07) is 19.9. The molecule has 0 fully saturated rings. The number of methoxy groups -OCH3 is 1. The van der Waals surface area contributed by atoms with Gasteiger partial charge in [-0.2, -0.15) is 5.10 Å². The average molecular weight is 487 g/mol. The highest BCUT2D eigenvalue weighted by molar-refractivity contribution is 6.04. The van der Waals surface area contributed by atoms with E-state index >= 15 is 0 Å². The number of aromatic amines is 1. The maximum absolute atomic E-state index is 12.3. The SMILES string of the molecule is COCCOc1ccnc(Nc2[nH]nc(-c3ccc(NC(=O)Cc4ccccc4)cc3)c2C(N)=O)c1. The number of H-pyrrole nitrogens is 1. The first-order valence-electron chi connectivity index (χ1n) is 11.2. The molecule has 4 rings (SSSR count). The van der Waals surface area contributed by atoms with Gasteiger partial charge in [0.2, 0.25) is 5.91 Å². The van der Waals surface area contributed by atoms with E-state index in [1.54, 1.807) is 49.7 Å². The second-order valence-corrected chi connectivity index (χ2v) is 7.82.